The summed E-state index contributed by atoms with van der Waals surface area (Å²) in [5.41, 5.74) is 6.82. The summed E-state index contributed by atoms with van der Waals surface area (Å²) in [4.78, 5) is 10.8. The second kappa shape index (κ2) is 11.6. The summed E-state index contributed by atoms with van der Waals surface area (Å²) in [6, 6.07) is 9.11. The van der Waals surface area contributed by atoms with Gasteiger partial charge >= 0.3 is 5.97 Å². The first-order valence-electron chi connectivity index (χ1n) is 8.01. The fourth-order valence-corrected chi connectivity index (χ4v) is 2.74. The molecule has 0 saturated heterocycles. The van der Waals surface area contributed by atoms with Crippen LogP contribution in [-0.4, -0.2) is 21.9 Å². The van der Waals surface area contributed by atoms with E-state index in [0.717, 1.165) is 5.75 Å². The maximum atomic E-state index is 10.8. The molecule has 0 aromatic heterocycles. The third-order valence-corrected chi connectivity index (χ3v) is 4.90. The van der Waals surface area contributed by atoms with Crippen LogP contribution in [0.5, 0.6) is 0 Å². The van der Waals surface area contributed by atoms with Gasteiger partial charge in [0.15, 0.2) is 0 Å². The van der Waals surface area contributed by atoms with Crippen molar-refractivity contribution in [2.45, 2.75) is 69.9 Å². The SMILES string of the molecule is CC(C)(SCc1ccccc1)C(N)C(=O)O.CCCCCC. The zero-order valence-electron chi connectivity index (χ0n) is 14.3. The maximum Gasteiger partial charge on any atom is 0.321 e. The molecule has 0 aliphatic heterocycles. The van der Waals surface area contributed by atoms with Crippen molar-refractivity contribution in [3.05, 3.63) is 35.9 Å². The van der Waals surface area contributed by atoms with Crippen LogP contribution in [0.1, 0.15) is 58.9 Å². The molecule has 0 fully saturated rings. The predicted molar refractivity (Wildman–Crippen MR) is 97.2 cm³/mol. The van der Waals surface area contributed by atoms with Crippen LogP contribution < -0.4 is 5.73 Å². The third-order valence-electron chi connectivity index (χ3n) is 3.43. The highest BCUT2D eigenvalue weighted by Crippen LogP contribution is 2.30. The number of thioether (sulfide) groups is 1. The molecule has 22 heavy (non-hydrogen) atoms. The Labute approximate surface area is 139 Å². The third kappa shape index (κ3) is 9.11. The van der Waals surface area contributed by atoms with Gasteiger partial charge in [-0.1, -0.05) is 69.9 Å². The van der Waals surface area contributed by atoms with Crippen molar-refractivity contribution >= 4 is 17.7 Å². The normalized spacial score (nSPS) is 12.2. The van der Waals surface area contributed by atoms with Gasteiger partial charge in [0, 0.05) is 10.5 Å². The quantitative estimate of drug-likeness (QED) is 0.680. The monoisotopic (exact) mass is 325 g/mol. The number of aliphatic carboxylic acids is 1. The van der Waals surface area contributed by atoms with Gasteiger partial charge in [-0.15, -0.1) is 11.8 Å². The van der Waals surface area contributed by atoms with Crippen molar-refractivity contribution in [3.63, 3.8) is 0 Å². The molecule has 0 radical (unpaired) electrons. The van der Waals surface area contributed by atoms with Gasteiger partial charge in [0.2, 0.25) is 0 Å². The standard InChI is InChI=1S/C12H17NO2S.C6H14/c1-12(2,10(13)11(14)15)16-8-9-6-4-3-5-7-9;1-3-5-6-4-2/h3-7,10H,8,13H2,1-2H3,(H,14,15);3-6H2,1-2H3. The summed E-state index contributed by atoms with van der Waals surface area (Å²) >= 11 is 1.56. The van der Waals surface area contributed by atoms with Gasteiger partial charge in [0.05, 0.1) is 0 Å². The lowest BCUT2D eigenvalue weighted by Gasteiger charge is -2.27. The first-order valence-corrected chi connectivity index (χ1v) is 9.00. The van der Waals surface area contributed by atoms with Crippen LogP contribution in [0.25, 0.3) is 0 Å². The average Bonchev–Trinajstić information content (AvgIpc) is 2.51. The molecule has 4 heteroatoms. The van der Waals surface area contributed by atoms with Gasteiger partial charge in [-0.05, 0) is 19.4 Å². The van der Waals surface area contributed by atoms with Crippen molar-refractivity contribution in [2.75, 3.05) is 0 Å². The van der Waals surface area contributed by atoms with Crippen molar-refractivity contribution < 1.29 is 9.90 Å². The molecule has 0 heterocycles. The first kappa shape index (κ1) is 21.0. The van der Waals surface area contributed by atoms with Crippen LogP contribution in [0.4, 0.5) is 0 Å². The Bertz CT molecular complexity index is 403. The van der Waals surface area contributed by atoms with Crippen LogP contribution in [-0.2, 0) is 10.5 Å². The largest absolute Gasteiger partial charge is 0.480 e. The summed E-state index contributed by atoms with van der Waals surface area (Å²) in [7, 11) is 0. The molecule has 126 valence electrons. The highest BCUT2D eigenvalue weighted by atomic mass is 32.2. The molecule has 0 amide bonds. The number of carbonyl (C=O) groups is 1. The maximum absolute atomic E-state index is 10.8. The molecule has 3 N–H and O–H groups in total. The van der Waals surface area contributed by atoms with Crippen molar-refractivity contribution in [1.82, 2.24) is 0 Å². The Morgan fingerprint density at radius 1 is 1.18 bits per heavy atom. The molecule has 1 unspecified atom stereocenters. The molecule has 0 bridgehead atoms. The Morgan fingerprint density at radius 3 is 2.09 bits per heavy atom. The van der Waals surface area contributed by atoms with Crippen LogP contribution in [0, 0.1) is 0 Å². The molecule has 0 saturated carbocycles. The predicted octanol–water partition coefficient (Wildman–Crippen LogP) is 4.70. The fourth-order valence-electron chi connectivity index (χ4n) is 1.73. The van der Waals surface area contributed by atoms with Crippen LogP contribution in [0.3, 0.4) is 0 Å². The van der Waals surface area contributed by atoms with E-state index in [0.29, 0.717) is 0 Å². The van der Waals surface area contributed by atoms with Crippen LogP contribution in [0.15, 0.2) is 30.3 Å². The van der Waals surface area contributed by atoms with E-state index in [1.54, 1.807) is 11.8 Å². The van der Waals surface area contributed by atoms with E-state index in [1.165, 1.54) is 31.2 Å². The van der Waals surface area contributed by atoms with Crippen molar-refractivity contribution in [1.29, 1.82) is 0 Å². The fraction of sp³-hybridized carbons (Fsp3) is 0.611. The summed E-state index contributed by atoms with van der Waals surface area (Å²) < 4.78 is -0.471. The number of unbranched alkanes of at least 4 members (excludes halogenated alkanes) is 3. The molecule has 0 aliphatic rings. The number of hydrogen-bond acceptors (Lipinski definition) is 3. The highest BCUT2D eigenvalue weighted by molar-refractivity contribution is 7.99. The number of hydrogen-bond donors (Lipinski definition) is 2. The lowest BCUT2D eigenvalue weighted by atomic mass is 10.1. The number of benzene rings is 1. The molecule has 1 rings (SSSR count). The Hall–Kier alpha value is -1.00. The van der Waals surface area contributed by atoms with Gasteiger partial charge in [-0.25, -0.2) is 0 Å². The van der Waals surface area contributed by atoms with Gasteiger partial charge < -0.3 is 10.8 Å². The molecular formula is C18H31NO2S. The minimum atomic E-state index is -0.953. The van der Waals surface area contributed by atoms with Gasteiger partial charge in [0.1, 0.15) is 6.04 Å². The minimum absolute atomic E-state index is 0.471. The molecular weight excluding hydrogens is 294 g/mol. The highest BCUT2D eigenvalue weighted by Gasteiger charge is 2.32. The smallest absolute Gasteiger partial charge is 0.321 e. The zero-order chi connectivity index (χ0) is 17.0. The van der Waals surface area contributed by atoms with Gasteiger partial charge in [0.25, 0.3) is 0 Å². The molecule has 0 aliphatic carbocycles. The van der Waals surface area contributed by atoms with Gasteiger partial charge in [-0.3, -0.25) is 4.79 Å². The summed E-state index contributed by atoms with van der Waals surface area (Å²) in [5, 5.41) is 8.88. The van der Waals surface area contributed by atoms with Crippen molar-refractivity contribution in [2.24, 2.45) is 5.73 Å². The Morgan fingerprint density at radius 2 is 1.68 bits per heavy atom. The van der Waals surface area contributed by atoms with E-state index in [4.69, 9.17) is 10.8 Å². The summed E-state index contributed by atoms with van der Waals surface area (Å²) in [6.45, 7) is 8.18. The van der Waals surface area contributed by atoms with Crippen LogP contribution in [0.2, 0.25) is 0 Å². The second-order valence-electron chi connectivity index (χ2n) is 5.90. The lowest BCUT2D eigenvalue weighted by molar-refractivity contribution is -0.139. The lowest BCUT2D eigenvalue weighted by Crippen LogP contribution is -2.46. The molecule has 1 aromatic rings. The number of carboxylic acid groups (broad SMARTS) is 1. The molecule has 3 nitrogen and oxygen atoms in total. The first-order chi connectivity index (χ1) is 10.3. The zero-order valence-corrected chi connectivity index (χ0v) is 15.2. The number of rotatable bonds is 8. The Kier molecular flexibility index (Phi) is 11.0. The van der Waals surface area contributed by atoms with E-state index in [-0.39, 0.29) is 0 Å². The van der Waals surface area contributed by atoms with E-state index < -0.39 is 16.8 Å². The summed E-state index contributed by atoms with van der Waals surface area (Å²) in [6.07, 6.45) is 5.54. The average molecular weight is 326 g/mol. The van der Waals surface area contributed by atoms with E-state index in [1.807, 2.05) is 44.2 Å². The van der Waals surface area contributed by atoms with Crippen molar-refractivity contribution in [3.8, 4) is 0 Å². The second-order valence-corrected chi connectivity index (χ2v) is 7.53. The van der Waals surface area contributed by atoms with E-state index in [9.17, 15) is 4.79 Å². The van der Waals surface area contributed by atoms with Crippen LogP contribution >= 0.6 is 11.8 Å². The number of nitrogens with two attached hydrogens (primary N) is 1. The minimum Gasteiger partial charge on any atom is -0.480 e. The van der Waals surface area contributed by atoms with E-state index >= 15 is 0 Å². The molecule has 1 atom stereocenters. The Balaban J connectivity index is 0.000000626. The molecule has 1 aromatic carbocycles. The van der Waals surface area contributed by atoms with E-state index in [2.05, 4.69) is 13.8 Å². The summed E-state index contributed by atoms with van der Waals surface area (Å²) in [5.74, 6) is -0.181. The number of carboxylic acids is 1. The van der Waals surface area contributed by atoms with Gasteiger partial charge in [-0.2, -0.15) is 0 Å². The molecule has 0 spiro atoms. The topological polar surface area (TPSA) is 63.3 Å².